The van der Waals surface area contributed by atoms with Crippen molar-refractivity contribution < 1.29 is 14.7 Å². The molecule has 0 radical (unpaired) electrons. The number of aliphatic carboxylic acids is 1. The SMILES string of the molecule is CC(=O)O.Cc1nnc2n1[C@@H](CC(C)C)CN(C(=O)[C@@H]1CCCCN1)C2. The third-order valence-corrected chi connectivity index (χ3v) is 4.73. The Balaban J connectivity index is 0.000000552. The van der Waals surface area contributed by atoms with Crippen LogP contribution in [-0.4, -0.2) is 55.8 Å². The molecule has 8 heteroatoms. The van der Waals surface area contributed by atoms with Crippen LogP contribution in [0.1, 0.15) is 64.1 Å². The highest BCUT2D eigenvalue weighted by atomic mass is 16.4. The summed E-state index contributed by atoms with van der Waals surface area (Å²) in [6.07, 6.45) is 4.32. The minimum Gasteiger partial charge on any atom is -0.481 e. The van der Waals surface area contributed by atoms with Gasteiger partial charge in [-0.3, -0.25) is 9.59 Å². The van der Waals surface area contributed by atoms with Gasteiger partial charge in [0.1, 0.15) is 5.82 Å². The highest BCUT2D eigenvalue weighted by Crippen LogP contribution is 2.28. The van der Waals surface area contributed by atoms with E-state index >= 15 is 0 Å². The average molecular weight is 365 g/mol. The fourth-order valence-corrected chi connectivity index (χ4v) is 3.74. The number of carbonyl (C=O) groups is 2. The van der Waals surface area contributed by atoms with Crippen LogP contribution in [0.5, 0.6) is 0 Å². The molecular formula is C18H31N5O3. The lowest BCUT2D eigenvalue weighted by Gasteiger charge is -2.37. The minimum absolute atomic E-state index is 0.0102. The van der Waals surface area contributed by atoms with Gasteiger partial charge in [-0.2, -0.15) is 0 Å². The van der Waals surface area contributed by atoms with Crippen LogP contribution in [0.15, 0.2) is 0 Å². The quantitative estimate of drug-likeness (QED) is 0.846. The molecule has 1 fully saturated rings. The standard InChI is InChI=1S/C16H27N5O.C2H4O2/c1-11(2)8-13-9-20(10-15-19-18-12(3)21(13)15)16(22)14-6-4-5-7-17-14;1-2(3)4/h11,13-14,17H,4-10H2,1-3H3;1H3,(H,3,4)/t13-,14-;/m0./s1. The number of nitrogens with zero attached hydrogens (tertiary/aromatic N) is 4. The van der Waals surface area contributed by atoms with Crippen molar-refractivity contribution in [2.45, 2.75) is 72.0 Å². The Bertz CT molecular complexity index is 618. The largest absolute Gasteiger partial charge is 0.481 e. The van der Waals surface area contributed by atoms with Crippen molar-refractivity contribution in [3.05, 3.63) is 11.6 Å². The molecule has 1 aromatic rings. The maximum atomic E-state index is 12.8. The van der Waals surface area contributed by atoms with Crippen LogP contribution < -0.4 is 5.32 Å². The normalized spacial score (nSPS) is 22.4. The molecule has 0 spiro atoms. The lowest BCUT2D eigenvalue weighted by atomic mass is 9.99. The minimum atomic E-state index is -0.833. The molecule has 0 unspecified atom stereocenters. The van der Waals surface area contributed by atoms with Crippen molar-refractivity contribution in [3.8, 4) is 0 Å². The summed E-state index contributed by atoms with van der Waals surface area (Å²) in [7, 11) is 0. The van der Waals surface area contributed by atoms with Gasteiger partial charge in [0.15, 0.2) is 5.82 Å². The second-order valence-electron chi connectivity index (χ2n) is 7.56. The second-order valence-corrected chi connectivity index (χ2v) is 7.56. The fourth-order valence-electron chi connectivity index (χ4n) is 3.74. The Morgan fingerprint density at radius 3 is 2.58 bits per heavy atom. The van der Waals surface area contributed by atoms with Crippen LogP contribution in [0.25, 0.3) is 0 Å². The molecule has 3 heterocycles. The summed E-state index contributed by atoms with van der Waals surface area (Å²) in [5, 5.41) is 19.3. The number of fused-ring (bicyclic) bond motifs is 1. The van der Waals surface area contributed by atoms with Gasteiger partial charge < -0.3 is 19.9 Å². The van der Waals surface area contributed by atoms with Crippen LogP contribution in [-0.2, 0) is 16.1 Å². The number of hydrogen-bond donors (Lipinski definition) is 2. The maximum Gasteiger partial charge on any atom is 0.300 e. The van der Waals surface area contributed by atoms with Gasteiger partial charge in [-0.25, -0.2) is 0 Å². The molecular weight excluding hydrogens is 334 g/mol. The van der Waals surface area contributed by atoms with Gasteiger partial charge in [0, 0.05) is 13.5 Å². The molecule has 1 aromatic heterocycles. The van der Waals surface area contributed by atoms with Crippen LogP contribution in [0.2, 0.25) is 0 Å². The lowest BCUT2D eigenvalue weighted by molar-refractivity contribution is -0.136. The van der Waals surface area contributed by atoms with Gasteiger partial charge in [0.25, 0.3) is 5.97 Å². The summed E-state index contributed by atoms with van der Waals surface area (Å²) in [6.45, 7) is 9.86. The molecule has 0 saturated carbocycles. The zero-order valence-electron chi connectivity index (χ0n) is 16.2. The number of hydrogen-bond acceptors (Lipinski definition) is 5. The molecule has 146 valence electrons. The number of aryl methyl sites for hydroxylation is 1. The number of rotatable bonds is 3. The van der Waals surface area contributed by atoms with E-state index in [0.29, 0.717) is 18.5 Å². The molecule has 2 N–H and O–H groups in total. The highest BCUT2D eigenvalue weighted by Gasteiger charge is 2.34. The van der Waals surface area contributed by atoms with Gasteiger partial charge in [0.2, 0.25) is 5.91 Å². The number of carboxylic acid groups (broad SMARTS) is 1. The van der Waals surface area contributed by atoms with Gasteiger partial charge in [-0.1, -0.05) is 20.3 Å². The van der Waals surface area contributed by atoms with Crippen molar-refractivity contribution >= 4 is 11.9 Å². The molecule has 0 bridgehead atoms. The number of nitrogens with one attached hydrogen (secondary N) is 1. The predicted molar refractivity (Wildman–Crippen MR) is 97.6 cm³/mol. The van der Waals surface area contributed by atoms with Crippen molar-refractivity contribution in [1.29, 1.82) is 0 Å². The summed E-state index contributed by atoms with van der Waals surface area (Å²) in [5.41, 5.74) is 0. The molecule has 0 aliphatic carbocycles. The van der Waals surface area contributed by atoms with E-state index < -0.39 is 5.97 Å². The van der Waals surface area contributed by atoms with Gasteiger partial charge in [-0.05, 0) is 38.6 Å². The Labute approximate surface area is 155 Å². The van der Waals surface area contributed by atoms with Crippen LogP contribution >= 0.6 is 0 Å². The summed E-state index contributed by atoms with van der Waals surface area (Å²) in [5.74, 6) is 1.88. The third-order valence-electron chi connectivity index (χ3n) is 4.73. The Hall–Kier alpha value is -1.96. The van der Waals surface area contributed by atoms with E-state index in [4.69, 9.17) is 9.90 Å². The second kappa shape index (κ2) is 9.12. The van der Waals surface area contributed by atoms with Crippen LogP contribution in [0.3, 0.4) is 0 Å². The third kappa shape index (κ3) is 5.27. The van der Waals surface area contributed by atoms with Crippen molar-refractivity contribution in [3.63, 3.8) is 0 Å². The average Bonchev–Trinajstić information content (AvgIpc) is 2.95. The first-order valence-electron chi connectivity index (χ1n) is 9.41. The van der Waals surface area contributed by atoms with E-state index in [2.05, 4.69) is 33.9 Å². The van der Waals surface area contributed by atoms with Crippen LogP contribution in [0.4, 0.5) is 0 Å². The Morgan fingerprint density at radius 2 is 2.00 bits per heavy atom. The zero-order valence-corrected chi connectivity index (χ0v) is 16.2. The molecule has 0 aromatic carbocycles. The first kappa shape index (κ1) is 20.4. The molecule has 8 nitrogen and oxygen atoms in total. The zero-order chi connectivity index (χ0) is 19.3. The van der Waals surface area contributed by atoms with Crippen LogP contribution in [0, 0.1) is 12.8 Å². The van der Waals surface area contributed by atoms with E-state index in [9.17, 15) is 4.79 Å². The number of aromatic nitrogens is 3. The molecule has 1 saturated heterocycles. The Morgan fingerprint density at radius 1 is 1.31 bits per heavy atom. The van der Waals surface area contributed by atoms with Crippen molar-refractivity contribution in [1.82, 2.24) is 25.0 Å². The predicted octanol–water partition coefficient (Wildman–Crippen LogP) is 1.75. The first-order chi connectivity index (χ1) is 12.3. The first-order valence-corrected chi connectivity index (χ1v) is 9.41. The molecule has 2 atom stereocenters. The molecule has 2 aliphatic rings. The number of carbonyl (C=O) groups excluding carboxylic acids is 1. The number of piperidine rings is 1. The lowest BCUT2D eigenvalue weighted by Crippen LogP contribution is -2.51. The van der Waals surface area contributed by atoms with Gasteiger partial charge in [0.05, 0.1) is 18.6 Å². The fraction of sp³-hybridized carbons (Fsp3) is 0.778. The smallest absolute Gasteiger partial charge is 0.300 e. The summed E-state index contributed by atoms with van der Waals surface area (Å²) >= 11 is 0. The molecule has 1 amide bonds. The topological polar surface area (TPSA) is 100 Å². The maximum absolute atomic E-state index is 12.8. The molecule has 26 heavy (non-hydrogen) atoms. The number of amides is 1. The summed E-state index contributed by atoms with van der Waals surface area (Å²) < 4.78 is 2.23. The van der Waals surface area contributed by atoms with Crippen molar-refractivity contribution in [2.75, 3.05) is 13.1 Å². The van der Waals surface area contributed by atoms with Gasteiger partial charge in [-0.15, -0.1) is 10.2 Å². The monoisotopic (exact) mass is 365 g/mol. The highest BCUT2D eigenvalue weighted by molar-refractivity contribution is 5.82. The number of carboxylic acids is 1. The van der Waals surface area contributed by atoms with E-state index in [1.165, 1.54) is 6.42 Å². The van der Waals surface area contributed by atoms with E-state index in [1.54, 1.807) is 0 Å². The van der Waals surface area contributed by atoms with E-state index in [-0.39, 0.29) is 11.9 Å². The van der Waals surface area contributed by atoms with Crippen molar-refractivity contribution in [2.24, 2.45) is 5.92 Å². The molecule has 3 rings (SSSR count). The molecule has 2 aliphatic heterocycles. The van der Waals surface area contributed by atoms with E-state index in [1.807, 2.05) is 11.8 Å². The summed E-state index contributed by atoms with van der Waals surface area (Å²) in [6, 6.07) is 0.287. The summed E-state index contributed by atoms with van der Waals surface area (Å²) in [4.78, 5) is 23.8. The van der Waals surface area contributed by atoms with Gasteiger partial charge >= 0.3 is 0 Å². The Kier molecular flexibility index (Phi) is 7.14. The van der Waals surface area contributed by atoms with E-state index in [0.717, 1.165) is 50.9 Å².